The molecule has 3 aromatic rings. The van der Waals surface area contributed by atoms with Gasteiger partial charge in [-0.2, -0.15) is 5.10 Å². The van der Waals surface area contributed by atoms with Crippen molar-refractivity contribution in [2.24, 2.45) is 5.10 Å². The predicted molar refractivity (Wildman–Crippen MR) is 104 cm³/mol. The average molecular weight is 383 g/mol. The summed E-state index contributed by atoms with van der Waals surface area (Å²) in [7, 11) is 0. The van der Waals surface area contributed by atoms with E-state index in [0.717, 1.165) is 5.01 Å². The maximum absolute atomic E-state index is 13.7. The van der Waals surface area contributed by atoms with Gasteiger partial charge >= 0.3 is 0 Å². The van der Waals surface area contributed by atoms with Crippen molar-refractivity contribution in [1.29, 1.82) is 0 Å². The zero-order chi connectivity index (χ0) is 19.2. The summed E-state index contributed by atoms with van der Waals surface area (Å²) in [6.45, 7) is 3.73. The summed E-state index contributed by atoms with van der Waals surface area (Å²) in [5, 5.41) is 4.83. The number of amides is 1. The number of thiazole rings is 1. The van der Waals surface area contributed by atoms with Crippen molar-refractivity contribution in [1.82, 2.24) is 10.4 Å². The Kier molecular flexibility index (Phi) is 5.93. The number of aryl methyl sites for hydroxylation is 2. The second-order valence-electron chi connectivity index (χ2n) is 5.76. The highest BCUT2D eigenvalue weighted by Gasteiger charge is 2.12. The van der Waals surface area contributed by atoms with Gasteiger partial charge in [0.05, 0.1) is 16.9 Å². The minimum Gasteiger partial charge on any atom is -0.488 e. The number of aromatic nitrogens is 1. The average Bonchev–Trinajstić information content (AvgIpc) is 3.00. The third-order valence-electron chi connectivity index (χ3n) is 3.74. The van der Waals surface area contributed by atoms with Gasteiger partial charge in [-0.25, -0.2) is 14.8 Å². The van der Waals surface area contributed by atoms with Crippen molar-refractivity contribution in [3.8, 4) is 5.75 Å². The third kappa shape index (κ3) is 4.77. The summed E-state index contributed by atoms with van der Waals surface area (Å²) < 4.78 is 19.4. The molecule has 1 heterocycles. The summed E-state index contributed by atoms with van der Waals surface area (Å²) in [6.07, 6.45) is 1.50. The summed E-state index contributed by atoms with van der Waals surface area (Å²) in [4.78, 5) is 16.9. The fourth-order valence-electron chi connectivity index (χ4n) is 2.44. The van der Waals surface area contributed by atoms with Crippen molar-refractivity contribution in [3.05, 3.63) is 81.1 Å². The molecule has 0 radical (unpaired) electrons. The molecular weight excluding hydrogens is 365 g/mol. The highest BCUT2D eigenvalue weighted by molar-refractivity contribution is 7.13. The Morgan fingerprint density at radius 3 is 2.70 bits per heavy atom. The van der Waals surface area contributed by atoms with Crippen LogP contribution in [0.4, 0.5) is 4.39 Å². The predicted octanol–water partition coefficient (Wildman–Crippen LogP) is 4.24. The van der Waals surface area contributed by atoms with Gasteiger partial charge in [0.1, 0.15) is 23.1 Å². The number of hydrazone groups is 1. The van der Waals surface area contributed by atoms with Crippen LogP contribution >= 0.6 is 11.3 Å². The zero-order valence-corrected chi connectivity index (χ0v) is 15.7. The molecule has 1 N–H and O–H groups in total. The molecule has 138 valence electrons. The van der Waals surface area contributed by atoms with Crippen LogP contribution in [-0.4, -0.2) is 17.1 Å². The maximum Gasteiger partial charge on any atom is 0.283 e. The Morgan fingerprint density at radius 1 is 1.22 bits per heavy atom. The number of benzene rings is 2. The summed E-state index contributed by atoms with van der Waals surface area (Å²) >= 11 is 1.32. The third-order valence-corrected chi connectivity index (χ3v) is 4.81. The molecule has 0 spiro atoms. The molecule has 7 heteroatoms. The number of rotatable bonds is 6. The first-order valence-corrected chi connectivity index (χ1v) is 9.09. The molecule has 0 unspecified atom stereocenters. The minimum absolute atomic E-state index is 0.100. The Labute approximate surface area is 160 Å². The van der Waals surface area contributed by atoms with Gasteiger partial charge in [-0.15, -0.1) is 11.3 Å². The summed E-state index contributed by atoms with van der Waals surface area (Å²) in [6, 6.07) is 13.7. The SMILES string of the molecule is Cc1nc(C)c(C(=O)N/N=C/c2ccccc2OCc2ccccc2F)s1. The van der Waals surface area contributed by atoms with Crippen LogP contribution in [0.2, 0.25) is 0 Å². The smallest absolute Gasteiger partial charge is 0.283 e. The first kappa shape index (κ1) is 18.7. The number of carbonyl (C=O) groups is 1. The lowest BCUT2D eigenvalue weighted by Crippen LogP contribution is -2.17. The molecule has 0 saturated carbocycles. The van der Waals surface area contributed by atoms with Crippen LogP contribution in [0.15, 0.2) is 53.6 Å². The maximum atomic E-state index is 13.7. The van der Waals surface area contributed by atoms with E-state index < -0.39 is 0 Å². The number of halogens is 1. The fraction of sp³-hybridized carbons (Fsp3) is 0.150. The Bertz CT molecular complexity index is 985. The van der Waals surface area contributed by atoms with Crippen LogP contribution in [0.25, 0.3) is 0 Å². The lowest BCUT2D eigenvalue weighted by molar-refractivity contribution is 0.0958. The molecule has 0 atom stereocenters. The van der Waals surface area contributed by atoms with Crippen LogP contribution in [0.1, 0.15) is 31.5 Å². The summed E-state index contributed by atoms with van der Waals surface area (Å²) in [5.74, 6) is -0.0752. The molecule has 27 heavy (non-hydrogen) atoms. The number of para-hydroxylation sites is 1. The lowest BCUT2D eigenvalue weighted by Gasteiger charge is -2.09. The largest absolute Gasteiger partial charge is 0.488 e. The standard InChI is InChI=1S/C20H18FN3O2S/c1-13-19(27-14(2)23-13)20(25)24-22-11-15-7-4-6-10-18(15)26-12-16-8-3-5-9-17(16)21/h3-11H,12H2,1-2H3,(H,24,25)/b22-11+. The van der Waals surface area contributed by atoms with Gasteiger partial charge in [0.15, 0.2) is 0 Å². The van der Waals surface area contributed by atoms with Crippen molar-refractivity contribution in [2.75, 3.05) is 0 Å². The fourth-order valence-corrected chi connectivity index (χ4v) is 3.25. The Balaban J connectivity index is 1.67. The van der Waals surface area contributed by atoms with Gasteiger partial charge in [-0.1, -0.05) is 30.3 Å². The second-order valence-corrected chi connectivity index (χ2v) is 6.97. The quantitative estimate of drug-likeness (QED) is 0.511. The van der Waals surface area contributed by atoms with Crippen LogP contribution in [0, 0.1) is 19.7 Å². The summed E-state index contributed by atoms with van der Waals surface area (Å²) in [5.41, 5.74) is 4.32. The highest BCUT2D eigenvalue weighted by atomic mass is 32.1. The van der Waals surface area contributed by atoms with Gasteiger partial charge in [0.25, 0.3) is 5.91 Å². The van der Waals surface area contributed by atoms with Crippen molar-refractivity contribution < 1.29 is 13.9 Å². The number of nitrogens with one attached hydrogen (secondary N) is 1. The normalized spacial score (nSPS) is 10.9. The van der Waals surface area contributed by atoms with Gasteiger partial charge in [-0.3, -0.25) is 4.79 Å². The van der Waals surface area contributed by atoms with E-state index in [0.29, 0.717) is 27.4 Å². The topological polar surface area (TPSA) is 63.6 Å². The monoisotopic (exact) mass is 383 g/mol. The van der Waals surface area contributed by atoms with Crippen LogP contribution in [0.3, 0.4) is 0 Å². The first-order valence-electron chi connectivity index (χ1n) is 8.27. The molecule has 0 fully saturated rings. The molecule has 0 bridgehead atoms. The molecule has 3 rings (SSSR count). The molecular formula is C20H18FN3O2S. The number of carbonyl (C=O) groups excluding carboxylic acids is 1. The molecule has 0 aliphatic carbocycles. The van der Waals surface area contributed by atoms with Gasteiger partial charge < -0.3 is 4.74 Å². The Hall–Kier alpha value is -3.06. The molecule has 0 aliphatic heterocycles. The van der Waals surface area contributed by atoms with E-state index in [2.05, 4.69) is 15.5 Å². The van der Waals surface area contributed by atoms with E-state index in [9.17, 15) is 9.18 Å². The number of hydrogen-bond donors (Lipinski definition) is 1. The lowest BCUT2D eigenvalue weighted by atomic mass is 10.2. The van der Waals surface area contributed by atoms with E-state index >= 15 is 0 Å². The van der Waals surface area contributed by atoms with Gasteiger partial charge in [-0.05, 0) is 32.0 Å². The van der Waals surface area contributed by atoms with Gasteiger partial charge in [0, 0.05) is 11.1 Å². The van der Waals surface area contributed by atoms with E-state index in [1.165, 1.54) is 23.6 Å². The van der Waals surface area contributed by atoms with E-state index in [4.69, 9.17) is 4.74 Å². The Morgan fingerprint density at radius 2 is 1.96 bits per heavy atom. The molecule has 5 nitrogen and oxygen atoms in total. The highest BCUT2D eigenvalue weighted by Crippen LogP contribution is 2.19. The van der Waals surface area contributed by atoms with E-state index in [-0.39, 0.29) is 18.3 Å². The number of nitrogens with zero attached hydrogens (tertiary/aromatic N) is 2. The van der Waals surface area contributed by atoms with Gasteiger partial charge in [0.2, 0.25) is 0 Å². The van der Waals surface area contributed by atoms with Crippen LogP contribution in [0.5, 0.6) is 5.75 Å². The van der Waals surface area contributed by atoms with Crippen molar-refractivity contribution >= 4 is 23.5 Å². The molecule has 2 aromatic carbocycles. The van der Waals surface area contributed by atoms with E-state index in [1.807, 2.05) is 19.1 Å². The van der Waals surface area contributed by atoms with Crippen LogP contribution in [-0.2, 0) is 6.61 Å². The second kappa shape index (κ2) is 8.55. The minimum atomic E-state index is -0.314. The molecule has 1 amide bonds. The van der Waals surface area contributed by atoms with Crippen molar-refractivity contribution in [2.45, 2.75) is 20.5 Å². The molecule has 0 saturated heterocycles. The number of hydrogen-bond acceptors (Lipinski definition) is 5. The zero-order valence-electron chi connectivity index (χ0n) is 14.9. The molecule has 1 aromatic heterocycles. The number of ether oxygens (including phenoxy) is 1. The van der Waals surface area contributed by atoms with E-state index in [1.54, 1.807) is 37.3 Å². The van der Waals surface area contributed by atoms with Crippen LogP contribution < -0.4 is 10.2 Å². The van der Waals surface area contributed by atoms with Crippen molar-refractivity contribution in [3.63, 3.8) is 0 Å². The first-order chi connectivity index (χ1) is 13.0. The molecule has 0 aliphatic rings.